The molecule has 0 saturated heterocycles. The number of hydrogen-bond acceptors (Lipinski definition) is 4. The smallest absolute Gasteiger partial charge is 0.146 e. The van der Waals surface area contributed by atoms with Crippen molar-refractivity contribution < 1.29 is 0 Å². The first-order valence-electron chi connectivity index (χ1n) is 5.95. The Bertz CT molecular complexity index is 553. The lowest BCUT2D eigenvalue weighted by Gasteiger charge is -2.06. The third-order valence-electron chi connectivity index (χ3n) is 2.55. The number of benzene rings is 1. The summed E-state index contributed by atoms with van der Waals surface area (Å²) in [4.78, 5) is 4.23. The van der Waals surface area contributed by atoms with E-state index in [9.17, 15) is 0 Å². The number of rotatable bonds is 5. The molecule has 5 nitrogen and oxygen atoms in total. The molecule has 0 spiro atoms. The lowest BCUT2D eigenvalue weighted by molar-refractivity contribution is 0.633. The Kier molecular flexibility index (Phi) is 4.05. The minimum Gasteiger partial charge on any atom is -0.310 e. The van der Waals surface area contributed by atoms with Gasteiger partial charge in [-0.1, -0.05) is 13.0 Å². The minimum atomic E-state index is 0.621. The van der Waals surface area contributed by atoms with E-state index in [1.165, 1.54) is 6.33 Å². The van der Waals surface area contributed by atoms with Crippen molar-refractivity contribution in [2.75, 3.05) is 6.54 Å². The van der Waals surface area contributed by atoms with Crippen LogP contribution in [0.3, 0.4) is 0 Å². The summed E-state index contributed by atoms with van der Waals surface area (Å²) in [5.41, 5.74) is 1.48. The molecule has 5 heteroatoms. The van der Waals surface area contributed by atoms with Gasteiger partial charge in [-0.15, -0.1) is 0 Å². The lowest BCUT2D eigenvalue weighted by Crippen LogP contribution is -2.17. The summed E-state index contributed by atoms with van der Waals surface area (Å²) >= 11 is 0. The molecule has 0 bridgehead atoms. The molecule has 0 atom stereocenters. The highest BCUT2D eigenvalue weighted by Gasteiger charge is 2.06. The zero-order chi connectivity index (χ0) is 12.8. The van der Waals surface area contributed by atoms with Crippen molar-refractivity contribution in [1.82, 2.24) is 20.1 Å². The van der Waals surface area contributed by atoms with Gasteiger partial charge in [-0.3, -0.25) is 0 Å². The number of aromatic nitrogens is 3. The molecule has 92 valence electrons. The highest BCUT2D eigenvalue weighted by Crippen LogP contribution is 2.10. The van der Waals surface area contributed by atoms with E-state index in [-0.39, 0.29) is 0 Å². The predicted octanol–water partition coefficient (Wildman–Crippen LogP) is 1.64. The van der Waals surface area contributed by atoms with Gasteiger partial charge in [-0.05, 0) is 31.2 Å². The molecule has 1 heterocycles. The molecule has 1 aromatic heterocycles. The number of nitrogens with one attached hydrogen (secondary N) is 1. The van der Waals surface area contributed by atoms with E-state index in [4.69, 9.17) is 5.26 Å². The summed E-state index contributed by atoms with van der Waals surface area (Å²) < 4.78 is 1.75. The molecule has 2 aromatic rings. The average molecular weight is 241 g/mol. The van der Waals surface area contributed by atoms with E-state index < -0.39 is 0 Å². The lowest BCUT2D eigenvalue weighted by atomic mass is 10.2. The summed E-state index contributed by atoms with van der Waals surface area (Å²) in [5, 5.41) is 16.4. The Balaban J connectivity index is 2.22. The van der Waals surface area contributed by atoms with Crippen LogP contribution in [0.5, 0.6) is 0 Å². The van der Waals surface area contributed by atoms with Crippen LogP contribution in [0.25, 0.3) is 5.69 Å². The van der Waals surface area contributed by atoms with Gasteiger partial charge >= 0.3 is 0 Å². The van der Waals surface area contributed by atoms with E-state index in [0.717, 1.165) is 24.5 Å². The van der Waals surface area contributed by atoms with Gasteiger partial charge in [0.1, 0.15) is 12.2 Å². The Morgan fingerprint density at radius 3 is 3.11 bits per heavy atom. The fourth-order valence-corrected chi connectivity index (χ4v) is 1.69. The largest absolute Gasteiger partial charge is 0.310 e. The summed E-state index contributed by atoms with van der Waals surface area (Å²) in [6.45, 7) is 3.74. The maximum atomic E-state index is 8.89. The quantitative estimate of drug-likeness (QED) is 0.808. The summed E-state index contributed by atoms with van der Waals surface area (Å²) in [6, 6.07) is 9.46. The Morgan fingerprint density at radius 2 is 2.33 bits per heavy atom. The number of nitriles is 1. The van der Waals surface area contributed by atoms with Crippen molar-refractivity contribution in [1.29, 1.82) is 5.26 Å². The minimum absolute atomic E-state index is 0.621. The van der Waals surface area contributed by atoms with Crippen molar-refractivity contribution in [2.45, 2.75) is 19.9 Å². The van der Waals surface area contributed by atoms with Crippen LogP contribution in [-0.2, 0) is 6.54 Å². The van der Waals surface area contributed by atoms with E-state index in [0.29, 0.717) is 12.1 Å². The fourth-order valence-electron chi connectivity index (χ4n) is 1.69. The molecule has 0 radical (unpaired) electrons. The SMILES string of the molecule is CCCNCc1ncnn1-c1cccc(C#N)c1. The Hall–Kier alpha value is -2.19. The molecule has 0 fully saturated rings. The van der Waals surface area contributed by atoms with E-state index in [1.54, 1.807) is 16.8 Å². The van der Waals surface area contributed by atoms with Crippen molar-refractivity contribution in [2.24, 2.45) is 0 Å². The van der Waals surface area contributed by atoms with Crippen LogP contribution >= 0.6 is 0 Å². The van der Waals surface area contributed by atoms with Gasteiger partial charge in [0.2, 0.25) is 0 Å². The van der Waals surface area contributed by atoms with Crippen molar-refractivity contribution >= 4 is 0 Å². The molecular formula is C13H15N5. The Morgan fingerprint density at radius 1 is 1.44 bits per heavy atom. The number of nitrogens with zero attached hydrogens (tertiary/aromatic N) is 4. The molecule has 1 aromatic carbocycles. The predicted molar refractivity (Wildman–Crippen MR) is 68.1 cm³/mol. The Labute approximate surface area is 106 Å². The molecule has 0 aliphatic carbocycles. The van der Waals surface area contributed by atoms with Crippen LogP contribution in [0.2, 0.25) is 0 Å². The van der Waals surface area contributed by atoms with Crippen LogP contribution in [0.1, 0.15) is 24.7 Å². The summed E-state index contributed by atoms with van der Waals surface area (Å²) in [7, 11) is 0. The standard InChI is InChI=1S/C13H15N5/c1-2-6-15-9-13-16-10-17-18(13)12-5-3-4-11(7-12)8-14/h3-5,7,10,15H,2,6,9H2,1H3. The monoisotopic (exact) mass is 241 g/mol. The van der Waals surface area contributed by atoms with Gasteiger partial charge in [0, 0.05) is 0 Å². The van der Waals surface area contributed by atoms with E-state index >= 15 is 0 Å². The van der Waals surface area contributed by atoms with Crippen molar-refractivity contribution in [3.63, 3.8) is 0 Å². The van der Waals surface area contributed by atoms with E-state index in [1.807, 2.05) is 12.1 Å². The normalized spacial score (nSPS) is 10.2. The van der Waals surface area contributed by atoms with Gasteiger partial charge < -0.3 is 5.32 Å². The van der Waals surface area contributed by atoms with E-state index in [2.05, 4.69) is 28.4 Å². The molecule has 0 unspecified atom stereocenters. The highest BCUT2D eigenvalue weighted by atomic mass is 15.3. The highest BCUT2D eigenvalue weighted by molar-refractivity contribution is 5.41. The zero-order valence-corrected chi connectivity index (χ0v) is 10.3. The molecule has 0 amide bonds. The molecule has 2 rings (SSSR count). The van der Waals surface area contributed by atoms with Crippen LogP contribution in [-0.4, -0.2) is 21.3 Å². The molecule has 0 aliphatic heterocycles. The first-order chi connectivity index (χ1) is 8.85. The average Bonchev–Trinajstić information content (AvgIpc) is 2.87. The first-order valence-corrected chi connectivity index (χ1v) is 5.95. The van der Waals surface area contributed by atoms with Gasteiger partial charge in [0.05, 0.1) is 23.9 Å². The third-order valence-corrected chi connectivity index (χ3v) is 2.55. The molecular weight excluding hydrogens is 226 g/mol. The maximum Gasteiger partial charge on any atom is 0.146 e. The topological polar surface area (TPSA) is 66.5 Å². The second-order valence-electron chi connectivity index (χ2n) is 3.93. The fraction of sp³-hybridized carbons (Fsp3) is 0.308. The van der Waals surface area contributed by atoms with Crippen LogP contribution in [0.15, 0.2) is 30.6 Å². The number of hydrogen-bond donors (Lipinski definition) is 1. The van der Waals surface area contributed by atoms with Gasteiger partial charge in [-0.2, -0.15) is 10.4 Å². The van der Waals surface area contributed by atoms with Gasteiger partial charge in [0.25, 0.3) is 0 Å². The molecule has 18 heavy (non-hydrogen) atoms. The van der Waals surface area contributed by atoms with Crippen LogP contribution < -0.4 is 5.32 Å². The summed E-state index contributed by atoms with van der Waals surface area (Å²) in [5.74, 6) is 0.846. The third kappa shape index (κ3) is 2.73. The van der Waals surface area contributed by atoms with Crippen molar-refractivity contribution in [3.05, 3.63) is 42.0 Å². The summed E-state index contributed by atoms with van der Waals surface area (Å²) in [6.07, 6.45) is 2.61. The first kappa shape index (κ1) is 12.3. The second kappa shape index (κ2) is 5.94. The molecule has 0 aliphatic rings. The van der Waals surface area contributed by atoms with Crippen LogP contribution in [0.4, 0.5) is 0 Å². The van der Waals surface area contributed by atoms with Crippen LogP contribution in [0, 0.1) is 11.3 Å². The zero-order valence-electron chi connectivity index (χ0n) is 10.3. The van der Waals surface area contributed by atoms with Gasteiger partial charge in [-0.25, -0.2) is 9.67 Å². The molecule has 0 saturated carbocycles. The second-order valence-corrected chi connectivity index (χ2v) is 3.93. The van der Waals surface area contributed by atoms with Crippen molar-refractivity contribution in [3.8, 4) is 11.8 Å². The molecule has 1 N–H and O–H groups in total. The maximum absolute atomic E-state index is 8.89. The van der Waals surface area contributed by atoms with Gasteiger partial charge in [0.15, 0.2) is 0 Å².